The van der Waals surface area contributed by atoms with E-state index >= 15 is 0 Å². The Morgan fingerprint density at radius 2 is 1.95 bits per heavy atom. The highest BCUT2D eigenvalue weighted by molar-refractivity contribution is 6.21. The number of hydrogen-bond acceptors (Lipinski definition) is 2. The molecule has 0 bridgehead atoms. The number of aryl methyl sites for hydroxylation is 1. The van der Waals surface area contributed by atoms with Crippen molar-refractivity contribution in [3.05, 3.63) is 29.8 Å². The van der Waals surface area contributed by atoms with E-state index in [4.69, 9.17) is 0 Å². The summed E-state index contributed by atoms with van der Waals surface area (Å²) in [5.74, 6) is -0.118. The fraction of sp³-hybridized carbons (Fsp3) is 0.500. The number of hydrogen-bond donors (Lipinski definition) is 1. The highest BCUT2D eigenvalue weighted by Gasteiger charge is 2.43. The summed E-state index contributed by atoms with van der Waals surface area (Å²) < 4.78 is 0. The van der Waals surface area contributed by atoms with Crippen LogP contribution in [-0.2, 0) is 9.59 Å². The minimum Gasteiger partial charge on any atom is -0.333 e. The zero-order valence-corrected chi connectivity index (χ0v) is 11.8. The topological polar surface area (TPSA) is 54.0 Å². The third-order valence-corrected chi connectivity index (χ3v) is 4.35. The number of anilines is 1. The van der Waals surface area contributed by atoms with E-state index in [9.17, 15) is 9.59 Å². The van der Waals surface area contributed by atoms with E-state index in [1.54, 1.807) is 0 Å². The fourth-order valence-electron chi connectivity index (χ4n) is 3.32. The van der Waals surface area contributed by atoms with Gasteiger partial charge >= 0.3 is 0 Å². The number of amides is 2. The van der Waals surface area contributed by atoms with Gasteiger partial charge in [0.05, 0.1) is 18.2 Å². The van der Waals surface area contributed by atoms with Crippen LogP contribution in [0.2, 0.25) is 0 Å². The second-order valence-electron chi connectivity index (χ2n) is 5.95. The molecule has 2 aliphatic rings. The lowest BCUT2D eigenvalue weighted by Crippen LogP contribution is -2.95. The second-order valence-corrected chi connectivity index (χ2v) is 5.95. The zero-order valence-electron chi connectivity index (χ0n) is 11.8. The van der Waals surface area contributed by atoms with Crippen LogP contribution in [0.5, 0.6) is 0 Å². The molecule has 0 aromatic heterocycles. The van der Waals surface area contributed by atoms with Crippen LogP contribution >= 0.6 is 0 Å². The summed E-state index contributed by atoms with van der Waals surface area (Å²) in [6, 6.07) is 7.89. The smallest absolute Gasteiger partial charge is 0.292 e. The molecular formula is C16H21N2O2+. The lowest BCUT2D eigenvalue weighted by Gasteiger charge is -2.16. The maximum Gasteiger partial charge on any atom is 0.292 e. The Hall–Kier alpha value is -1.68. The standard InChI is InChI=1S/C16H20N2O2/c1-11-5-4-8-13(9-11)18-15(19)10-14(16(18)20)17-12-6-2-3-7-12/h4-5,8-9,12,14,17H,2-3,6-7,10H2,1H3/p+1/t14-/m0/s1. The lowest BCUT2D eigenvalue weighted by atomic mass is 10.2. The van der Waals surface area contributed by atoms with Gasteiger partial charge in [0, 0.05) is 0 Å². The van der Waals surface area contributed by atoms with Crippen molar-refractivity contribution in [2.75, 3.05) is 4.90 Å². The van der Waals surface area contributed by atoms with E-state index in [0.717, 1.165) is 5.56 Å². The molecule has 2 fully saturated rings. The third-order valence-electron chi connectivity index (χ3n) is 4.35. The van der Waals surface area contributed by atoms with E-state index in [0.29, 0.717) is 18.2 Å². The van der Waals surface area contributed by atoms with Crippen molar-refractivity contribution in [3.8, 4) is 0 Å². The van der Waals surface area contributed by atoms with Gasteiger partial charge in [0.15, 0.2) is 6.04 Å². The van der Waals surface area contributed by atoms with Gasteiger partial charge in [-0.25, -0.2) is 4.90 Å². The average Bonchev–Trinajstić information content (AvgIpc) is 2.99. The zero-order chi connectivity index (χ0) is 14.1. The number of quaternary nitrogens is 1. The molecular weight excluding hydrogens is 252 g/mol. The molecule has 20 heavy (non-hydrogen) atoms. The molecule has 1 atom stereocenters. The summed E-state index contributed by atoms with van der Waals surface area (Å²) in [4.78, 5) is 26.0. The van der Waals surface area contributed by atoms with Gasteiger partial charge in [0.1, 0.15) is 0 Å². The predicted molar refractivity (Wildman–Crippen MR) is 76.3 cm³/mol. The van der Waals surface area contributed by atoms with Crippen LogP contribution in [0.15, 0.2) is 24.3 Å². The molecule has 4 nitrogen and oxygen atoms in total. The van der Waals surface area contributed by atoms with Crippen molar-refractivity contribution in [2.45, 2.75) is 51.1 Å². The van der Waals surface area contributed by atoms with Crippen LogP contribution < -0.4 is 10.2 Å². The van der Waals surface area contributed by atoms with Gasteiger partial charge in [-0.15, -0.1) is 0 Å². The molecule has 4 heteroatoms. The van der Waals surface area contributed by atoms with Gasteiger partial charge in [-0.3, -0.25) is 9.59 Å². The van der Waals surface area contributed by atoms with Crippen molar-refractivity contribution >= 4 is 17.5 Å². The van der Waals surface area contributed by atoms with E-state index in [1.165, 1.54) is 30.6 Å². The average molecular weight is 273 g/mol. The molecule has 1 saturated heterocycles. The molecule has 1 heterocycles. The fourth-order valence-corrected chi connectivity index (χ4v) is 3.32. The van der Waals surface area contributed by atoms with Gasteiger partial charge in [-0.05, 0) is 50.3 Å². The second kappa shape index (κ2) is 5.37. The first-order valence-corrected chi connectivity index (χ1v) is 7.43. The highest BCUT2D eigenvalue weighted by atomic mass is 16.2. The lowest BCUT2D eigenvalue weighted by molar-refractivity contribution is -0.706. The molecule has 1 saturated carbocycles. The van der Waals surface area contributed by atoms with Crippen LogP contribution in [0.25, 0.3) is 0 Å². The Bertz CT molecular complexity index is 535. The molecule has 2 amide bonds. The molecule has 0 unspecified atom stereocenters. The SMILES string of the molecule is Cc1cccc(N2C(=O)C[C@H]([NH2+]C3CCCC3)C2=O)c1. The third kappa shape index (κ3) is 2.48. The molecule has 2 N–H and O–H groups in total. The number of carbonyl (C=O) groups is 2. The highest BCUT2D eigenvalue weighted by Crippen LogP contribution is 2.23. The first-order chi connectivity index (χ1) is 9.65. The quantitative estimate of drug-likeness (QED) is 0.839. The van der Waals surface area contributed by atoms with Gasteiger partial charge in [-0.2, -0.15) is 0 Å². The number of imide groups is 1. The Labute approximate surface area is 119 Å². The number of carbonyl (C=O) groups excluding carboxylic acids is 2. The largest absolute Gasteiger partial charge is 0.333 e. The van der Waals surface area contributed by atoms with Crippen LogP contribution in [0.4, 0.5) is 5.69 Å². The van der Waals surface area contributed by atoms with Gasteiger partial charge < -0.3 is 5.32 Å². The van der Waals surface area contributed by atoms with E-state index in [-0.39, 0.29) is 17.9 Å². The number of nitrogens with two attached hydrogens (primary N) is 1. The van der Waals surface area contributed by atoms with Gasteiger partial charge in [0.25, 0.3) is 5.91 Å². The van der Waals surface area contributed by atoms with E-state index < -0.39 is 0 Å². The maximum absolute atomic E-state index is 12.5. The number of nitrogens with zero attached hydrogens (tertiary/aromatic N) is 1. The Balaban J connectivity index is 1.76. The van der Waals surface area contributed by atoms with Crippen LogP contribution in [0, 0.1) is 6.92 Å². The molecule has 0 spiro atoms. The minimum absolute atomic E-state index is 0.0486. The summed E-state index contributed by atoms with van der Waals surface area (Å²) >= 11 is 0. The Morgan fingerprint density at radius 1 is 1.20 bits per heavy atom. The molecule has 0 radical (unpaired) electrons. The Kier molecular flexibility index (Phi) is 3.57. The summed E-state index contributed by atoms with van der Waals surface area (Å²) in [7, 11) is 0. The Morgan fingerprint density at radius 3 is 2.65 bits per heavy atom. The summed E-state index contributed by atoms with van der Waals surface area (Å²) in [5.41, 5.74) is 1.77. The first kappa shape index (κ1) is 13.3. The molecule has 106 valence electrons. The molecule has 1 aromatic rings. The number of benzene rings is 1. The minimum atomic E-state index is -0.217. The molecule has 1 aliphatic carbocycles. The van der Waals surface area contributed by atoms with Crippen molar-refractivity contribution in [2.24, 2.45) is 0 Å². The van der Waals surface area contributed by atoms with Gasteiger partial charge in [0.2, 0.25) is 5.91 Å². The first-order valence-electron chi connectivity index (χ1n) is 7.43. The molecule has 1 aliphatic heterocycles. The normalized spacial score (nSPS) is 23.9. The monoisotopic (exact) mass is 273 g/mol. The van der Waals surface area contributed by atoms with Crippen molar-refractivity contribution in [1.82, 2.24) is 0 Å². The van der Waals surface area contributed by atoms with Crippen LogP contribution in [-0.4, -0.2) is 23.9 Å². The van der Waals surface area contributed by atoms with Gasteiger partial charge in [-0.1, -0.05) is 12.1 Å². The van der Waals surface area contributed by atoms with Crippen LogP contribution in [0.3, 0.4) is 0 Å². The molecule has 1 aromatic carbocycles. The van der Waals surface area contributed by atoms with Crippen molar-refractivity contribution in [1.29, 1.82) is 0 Å². The predicted octanol–water partition coefficient (Wildman–Crippen LogP) is 1.13. The van der Waals surface area contributed by atoms with E-state index in [1.807, 2.05) is 31.2 Å². The summed E-state index contributed by atoms with van der Waals surface area (Å²) in [6.07, 6.45) is 5.17. The molecule has 3 rings (SSSR count). The summed E-state index contributed by atoms with van der Waals surface area (Å²) in [6.45, 7) is 1.97. The van der Waals surface area contributed by atoms with Crippen LogP contribution in [0.1, 0.15) is 37.7 Å². The van der Waals surface area contributed by atoms with E-state index in [2.05, 4.69) is 5.32 Å². The number of rotatable bonds is 3. The summed E-state index contributed by atoms with van der Waals surface area (Å²) in [5, 5.41) is 2.13. The van der Waals surface area contributed by atoms with Crippen molar-refractivity contribution in [3.63, 3.8) is 0 Å². The van der Waals surface area contributed by atoms with Crippen molar-refractivity contribution < 1.29 is 14.9 Å². The maximum atomic E-state index is 12.5.